The van der Waals surface area contributed by atoms with Crippen LogP contribution in [0.5, 0.6) is 0 Å². The van der Waals surface area contributed by atoms with Crippen LogP contribution in [-0.4, -0.2) is 23.8 Å². The highest BCUT2D eigenvalue weighted by Gasteiger charge is 2.09. The van der Waals surface area contributed by atoms with E-state index in [0.717, 1.165) is 6.08 Å². The predicted molar refractivity (Wildman–Crippen MR) is 43.2 cm³/mol. The van der Waals surface area contributed by atoms with Crippen molar-refractivity contribution in [2.24, 2.45) is 0 Å². The summed E-state index contributed by atoms with van der Waals surface area (Å²) in [6.45, 7) is 5.17. The van der Waals surface area contributed by atoms with Crippen molar-refractivity contribution in [2.75, 3.05) is 6.61 Å². The first-order valence-corrected chi connectivity index (χ1v) is 2.69. The quantitative estimate of drug-likeness (QED) is 0.479. The fourth-order valence-electron chi connectivity index (χ4n) is 0.324. The molecule has 0 heterocycles. The number of aliphatic hydroxyl groups excluding tert-OH is 1. The van der Waals surface area contributed by atoms with Gasteiger partial charge in [-0.25, -0.2) is 4.79 Å². The Morgan fingerprint density at radius 3 is 2.70 bits per heavy atom. The van der Waals surface area contributed by atoms with Gasteiger partial charge in [0, 0.05) is 0 Å². The number of hydrogen-bond donors (Lipinski definition) is 1. The third kappa shape index (κ3) is 4.40. The molecule has 0 saturated carbocycles. The monoisotopic (exact) mass is 164 g/mol. The van der Waals surface area contributed by atoms with Gasteiger partial charge in [0.15, 0.2) is 6.10 Å². The van der Waals surface area contributed by atoms with Gasteiger partial charge >= 0.3 is 5.97 Å². The zero-order chi connectivity index (χ0) is 7.28. The number of rotatable bonds is 3. The van der Waals surface area contributed by atoms with E-state index in [2.05, 4.69) is 11.3 Å². The minimum Gasteiger partial charge on any atom is -0.464 e. The van der Waals surface area contributed by atoms with Gasteiger partial charge in [-0.2, -0.15) is 13.5 Å². The average molecular weight is 164 g/mol. The van der Waals surface area contributed by atoms with Crippen molar-refractivity contribution < 1.29 is 14.6 Å². The molecule has 1 N–H and O–H groups in total. The highest BCUT2D eigenvalue weighted by Crippen LogP contribution is 1.87. The molecule has 0 aromatic rings. The van der Waals surface area contributed by atoms with Crippen LogP contribution >= 0.6 is 13.5 Å². The number of aliphatic hydroxyl groups is 1. The first-order valence-electron chi connectivity index (χ1n) is 2.69. The van der Waals surface area contributed by atoms with Crippen LogP contribution < -0.4 is 0 Å². The molecule has 60 valence electrons. The van der Waals surface area contributed by atoms with Crippen LogP contribution in [0.3, 0.4) is 0 Å². The lowest BCUT2D eigenvalue weighted by atomic mass is 10.4. The maximum absolute atomic E-state index is 10.4. The van der Waals surface area contributed by atoms with E-state index in [-0.39, 0.29) is 20.1 Å². The largest absolute Gasteiger partial charge is 0.464 e. The molecule has 0 rings (SSSR count). The van der Waals surface area contributed by atoms with Crippen molar-refractivity contribution in [3.05, 3.63) is 12.7 Å². The van der Waals surface area contributed by atoms with E-state index in [0.29, 0.717) is 0 Å². The van der Waals surface area contributed by atoms with Gasteiger partial charge in [0.05, 0.1) is 6.61 Å². The molecule has 3 nitrogen and oxygen atoms in total. The van der Waals surface area contributed by atoms with Crippen LogP contribution in [-0.2, 0) is 9.53 Å². The lowest BCUT2D eigenvalue weighted by molar-refractivity contribution is -0.150. The second-order valence-electron chi connectivity index (χ2n) is 1.43. The molecule has 0 bridgehead atoms. The van der Waals surface area contributed by atoms with Crippen molar-refractivity contribution in [1.82, 2.24) is 0 Å². The fourth-order valence-corrected chi connectivity index (χ4v) is 0.324. The van der Waals surface area contributed by atoms with Crippen LogP contribution in [0.2, 0.25) is 0 Å². The average Bonchev–Trinajstić information content (AvgIpc) is 1.87. The second-order valence-corrected chi connectivity index (χ2v) is 1.43. The zero-order valence-electron chi connectivity index (χ0n) is 5.83. The molecule has 0 amide bonds. The Morgan fingerprint density at radius 2 is 2.40 bits per heavy atom. The summed E-state index contributed by atoms with van der Waals surface area (Å²) in [6.07, 6.45) is -0.0530. The SMILES string of the molecule is C=CC(O)C(=O)OCC.S. The van der Waals surface area contributed by atoms with E-state index >= 15 is 0 Å². The third-order valence-electron chi connectivity index (χ3n) is 0.751. The van der Waals surface area contributed by atoms with E-state index < -0.39 is 12.1 Å². The Morgan fingerprint density at radius 1 is 1.90 bits per heavy atom. The molecule has 10 heavy (non-hydrogen) atoms. The minimum atomic E-state index is -1.18. The summed E-state index contributed by atoms with van der Waals surface area (Å²) in [5.41, 5.74) is 0. The van der Waals surface area contributed by atoms with Crippen molar-refractivity contribution in [3.63, 3.8) is 0 Å². The smallest absolute Gasteiger partial charge is 0.338 e. The number of esters is 1. The van der Waals surface area contributed by atoms with Crippen LogP contribution in [0.25, 0.3) is 0 Å². The number of ether oxygens (including phenoxy) is 1. The summed E-state index contributed by atoms with van der Waals surface area (Å²) in [5.74, 6) is -0.646. The zero-order valence-corrected chi connectivity index (χ0v) is 6.83. The lowest BCUT2D eigenvalue weighted by Gasteiger charge is -2.02. The number of carbonyl (C=O) groups is 1. The molecule has 0 aromatic carbocycles. The maximum atomic E-state index is 10.4. The molecular weight excluding hydrogens is 152 g/mol. The highest BCUT2D eigenvalue weighted by molar-refractivity contribution is 7.59. The molecule has 4 heteroatoms. The van der Waals surface area contributed by atoms with Crippen LogP contribution in [0.4, 0.5) is 0 Å². The van der Waals surface area contributed by atoms with E-state index in [4.69, 9.17) is 5.11 Å². The molecule has 0 fully saturated rings. The normalized spacial score (nSPS) is 11.0. The Hall–Kier alpha value is -0.480. The van der Waals surface area contributed by atoms with Crippen molar-refractivity contribution in [2.45, 2.75) is 13.0 Å². The molecule has 0 aliphatic heterocycles. The first-order chi connectivity index (χ1) is 4.22. The van der Waals surface area contributed by atoms with E-state index in [9.17, 15) is 4.79 Å². The summed E-state index contributed by atoms with van der Waals surface area (Å²) < 4.78 is 4.43. The summed E-state index contributed by atoms with van der Waals surface area (Å²) in [6, 6.07) is 0. The Kier molecular flexibility index (Phi) is 8.11. The standard InChI is InChI=1S/C6H10O3.H2S/c1-3-5(7)6(8)9-4-2;/h3,5,7H,1,4H2,2H3;1H2. The molecule has 0 radical (unpaired) electrons. The van der Waals surface area contributed by atoms with Crippen molar-refractivity contribution in [3.8, 4) is 0 Å². The Balaban J connectivity index is 0. The second kappa shape index (κ2) is 6.64. The molecule has 0 spiro atoms. The number of hydrogen-bond acceptors (Lipinski definition) is 3. The number of carbonyl (C=O) groups excluding carboxylic acids is 1. The predicted octanol–water partition coefficient (Wildman–Crippen LogP) is 0.209. The van der Waals surface area contributed by atoms with Gasteiger partial charge in [0.2, 0.25) is 0 Å². The molecular formula is C6H12O3S. The first kappa shape index (κ1) is 12.2. The molecule has 0 aromatic heterocycles. The van der Waals surface area contributed by atoms with Gasteiger partial charge in [0.1, 0.15) is 0 Å². The molecule has 1 atom stereocenters. The van der Waals surface area contributed by atoms with Gasteiger partial charge in [-0.05, 0) is 6.92 Å². The summed E-state index contributed by atoms with van der Waals surface area (Å²) in [7, 11) is 0. The third-order valence-corrected chi connectivity index (χ3v) is 0.751. The van der Waals surface area contributed by atoms with Crippen LogP contribution in [0.1, 0.15) is 6.92 Å². The van der Waals surface area contributed by atoms with E-state index in [1.807, 2.05) is 0 Å². The van der Waals surface area contributed by atoms with E-state index in [1.165, 1.54) is 0 Å². The maximum Gasteiger partial charge on any atom is 0.338 e. The summed E-state index contributed by atoms with van der Waals surface area (Å²) >= 11 is 0. The lowest BCUT2D eigenvalue weighted by Crippen LogP contribution is -2.19. The van der Waals surface area contributed by atoms with E-state index in [1.54, 1.807) is 6.92 Å². The fraction of sp³-hybridized carbons (Fsp3) is 0.500. The van der Waals surface area contributed by atoms with Gasteiger partial charge in [-0.15, -0.1) is 0 Å². The molecule has 0 saturated heterocycles. The van der Waals surface area contributed by atoms with Gasteiger partial charge in [-0.3, -0.25) is 0 Å². The van der Waals surface area contributed by atoms with Crippen LogP contribution in [0.15, 0.2) is 12.7 Å². The Bertz CT molecular complexity index is 114. The topological polar surface area (TPSA) is 46.5 Å². The van der Waals surface area contributed by atoms with Crippen LogP contribution in [0, 0.1) is 0 Å². The van der Waals surface area contributed by atoms with Gasteiger partial charge in [-0.1, -0.05) is 12.7 Å². The summed E-state index contributed by atoms with van der Waals surface area (Å²) in [4.78, 5) is 10.4. The molecule has 0 aliphatic carbocycles. The summed E-state index contributed by atoms with van der Waals surface area (Å²) in [5, 5.41) is 8.66. The van der Waals surface area contributed by atoms with Crippen molar-refractivity contribution in [1.29, 1.82) is 0 Å². The molecule has 0 aliphatic rings. The minimum absolute atomic E-state index is 0. The van der Waals surface area contributed by atoms with Gasteiger partial charge < -0.3 is 9.84 Å². The van der Waals surface area contributed by atoms with Crippen molar-refractivity contribution >= 4 is 19.5 Å². The Labute approximate surface area is 67.1 Å². The molecule has 1 unspecified atom stereocenters. The highest BCUT2D eigenvalue weighted by atomic mass is 32.1. The van der Waals surface area contributed by atoms with Gasteiger partial charge in [0.25, 0.3) is 0 Å².